The van der Waals surface area contributed by atoms with Crippen LogP contribution >= 0.6 is 0 Å². The van der Waals surface area contributed by atoms with Crippen molar-refractivity contribution >= 4 is 28.3 Å². The SMILES string of the molecule is COc1cc(C)c(S(=O)N(C)CCC(=O)Nc2ccc(N3CCC(c4cnc[nH]4)CC3)cc2)c(C)c1. The van der Waals surface area contributed by atoms with Gasteiger partial charge in [0.05, 0.1) is 18.3 Å². The highest BCUT2D eigenvalue weighted by molar-refractivity contribution is 7.82. The van der Waals surface area contributed by atoms with Crippen molar-refractivity contribution in [1.29, 1.82) is 0 Å². The number of aryl methyl sites for hydroxylation is 2. The standard InChI is InChI=1S/C27H35N5O3S/c1-19-15-24(35-4)16-20(2)27(19)36(34)31(3)12-11-26(33)30-22-5-7-23(8-6-22)32-13-9-21(10-14-32)25-17-28-18-29-25/h5-8,15-18,21H,9-14H2,1-4H3,(H,28,29)(H,30,33). The quantitative estimate of drug-likeness (QED) is 0.446. The van der Waals surface area contributed by atoms with Crippen molar-refractivity contribution in [2.75, 3.05) is 44.0 Å². The smallest absolute Gasteiger partial charge is 0.225 e. The number of benzene rings is 2. The molecule has 0 aliphatic carbocycles. The predicted octanol–water partition coefficient (Wildman–Crippen LogP) is 4.40. The number of nitrogens with one attached hydrogen (secondary N) is 2. The first-order valence-corrected chi connectivity index (χ1v) is 13.4. The second-order valence-corrected chi connectivity index (χ2v) is 10.8. The maximum absolute atomic E-state index is 13.1. The van der Waals surface area contributed by atoms with Crippen LogP contribution in [-0.2, 0) is 15.8 Å². The molecule has 1 fully saturated rings. The minimum absolute atomic E-state index is 0.102. The molecule has 3 aromatic rings. The molecule has 0 radical (unpaired) electrons. The number of anilines is 2. The number of nitrogens with zero attached hydrogens (tertiary/aromatic N) is 3. The van der Waals surface area contributed by atoms with Crippen molar-refractivity contribution in [3.05, 3.63) is 65.7 Å². The van der Waals surface area contributed by atoms with Crippen LogP contribution in [0.5, 0.6) is 5.75 Å². The Bertz CT molecular complexity index is 1170. The number of aromatic nitrogens is 2. The molecule has 1 aliphatic heterocycles. The average Bonchev–Trinajstić information content (AvgIpc) is 3.42. The van der Waals surface area contributed by atoms with Crippen LogP contribution in [0.25, 0.3) is 0 Å². The molecule has 1 unspecified atom stereocenters. The van der Waals surface area contributed by atoms with Gasteiger partial charge in [-0.25, -0.2) is 13.5 Å². The van der Waals surface area contributed by atoms with Gasteiger partial charge in [0.1, 0.15) is 16.7 Å². The molecule has 192 valence electrons. The van der Waals surface area contributed by atoms with Crippen molar-refractivity contribution in [3.8, 4) is 5.75 Å². The van der Waals surface area contributed by atoms with E-state index < -0.39 is 11.0 Å². The molecular weight excluding hydrogens is 474 g/mol. The molecule has 1 atom stereocenters. The van der Waals surface area contributed by atoms with E-state index in [4.69, 9.17) is 4.74 Å². The van der Waals surface area contributed by atoms with Gasteiger partial charge in [-0.15, -0.1) is 0 Å². The number of carbonyl (C=O) groups is 1. The highest BCUT2D eigenvalue weighted by Gasteiger charge is 2.22. The van der Waals surface area contributed by atoms with Crippen molar-refractivity contribution in [3.63, 3.8) is 0 Å². The Balaban J connectivity index is 1.26. The summed E-state index contributed by atoms with van der Waals surface area (Å²) in [6, 6.07) is 11.8. The Morgan fingerprint density at radius 2 is 1.86 bits per heavy atom. The number of amides is 1. The van der Waals surface area contributed by atoms with Crippen LogP contribution < -0.4 is 15.0 Å². The zero-order valence-electron chi connectivity index (χ0n) is 21.4. The second-order valence-electron chi connectivity index (χ2n) is 9.30. The van der Waals surface area contributed by atoms with Crippen LogP contribution in [0, 0.1) is 13.8 Å². The lowest BCUT2D eigenvalue weighted by molar-refractivity contribution is -0.116. The molecule has 0 bridgehead atoms. The second kappa shape index (κ2) is 11.7. The number of piperidine rings is 1. The molecule has 1 aliphatic rings. The Hall–Kier alpha value is -3.17. The van der Waals surface area contributed by atoms with Gasteiger partial charge in [-0.3, -0.25) is 4.79 Å². The van der Waals surface area contributed by atoms with Crippen LogP contribution in [0.4, 0.5) is 11.4 Å². The lowest BCUT2D eigenvalue weighted by atomic mass is 9.94. The number of H-pyrrole nitrogens is 1. The van der Waals surface area contributed by atoms with Gasteiger partial charge in [-0.1, -0.05) is 0 Å². The molecule has 2 aromatic carbocycles. The number of rotatable bonds is 9. The largest absolute Gasteiger partial charge is 0.497 e. The fraction of sp³-hybridized carbons (Fsp3) is 0.407. The van der Waals surface area contributed by atoms with Crippen LogP contribution in [0.15, 0.2) is 53.8 Å². The number of aromatic amines is 1. The van der Waals surface area contributed by atoms with E-state index in [1.54, 1.807) is 24.8 Å². The zero-order chi connectivity index (χ0) is 25.7. The van der Waals surface area contributed by atoms with Gasteiger partial charge in [0, 0.05) is 62.3 Å². The van der Waals surface area contributed by atoms with Gasteiger partial charge >= 0.3 is 0 Å². The van der Waals surface area contributed by atoms with E-state index in [1.807, 2.05) is 44.3 Å². The van der Waals surface area contributed by atoms with E-state index in [1.165, 1.54) is 5.69 Å². The maximum atomic E-state index is 13.1. The number of methoxy groups -OCH3 is 1. The fourth-order valence-corrected chi connectivity index (χ4v) is 5.96. The minimum Gasteiger partial charge on any atom is -0.497 e. The summed E-state index contributed by atoms with van der Waals surface area (Å²) in [6.45, 7) is 6.22. The molecule has 36 heavy (non-hydrogen) atoms. The average molecular weight is 510 g/mol. The normalized spacial score (nSPS) is 15.2. The summed E-state index contributed by atoms with van der Waals surface area (Å²) in [7, 11) is 2.04. The van der Waals surface area contributed by atoms with E-state index in [0.717, 1.165) is 59.1 Å². The lowest BCUT2D eigenvalue weighted by Gasteiger charge is -2.33. The predicted molar refractivity (Wildman–Crippen MR) is 144 cm³/mol. The third kappa shape index (κ3) is 6.14. The molecule has 0 spiro atoms. The number of hydrogen-bond donors (Lipinski definition) is 2. The molecule has 1 aromatic heterocycles. The van der Waals surface area contributed by atoms with E-state index in [-0.39, 0.29) is 12.3 Å². The highest BCUT2D eigenvalue weighted by Crippen LogP contribution is 2.30. The lowest BCUT2D eigenvalue weighted by Crippen LogP contribution is -2.32. The minimum atomic E-state index is -1.36. The molecule has 2 N–H and O–H groups in total. The molecule has 2 heterocycles. The Morgan fingerprint density at radius 3 is 2.44 bits per heavy atom. The van der Waals surface area contributed by atoms with Crippen LogP contribution in [0.3, 0.4) is 0 Å². The van der Waals surface area contributed by atoms with Crippen LogP contribution in [0.1, 0.15) is 42.0 Å². The van der Waals surface area contributed by atoms with E-state index in [2.05, 4.69) is 32.3 Å². The molecule has 1 amide bonds. The van der Waals surface area contributed by atoms with E-state index in [0.29, 0.717) is 12.5 Å². The first-order valence-electron chi connectivity index (χ1n) is 12.3. The van der Waals surface area contributed by atoms with Crippen molar-refractivity contribution in [2.45, 2.75) is 43.9 Å². The van der Waals surface area contributed by atoms with Gasteiger partial charge < -0.3 is 19.9 Å². The van der Waals surface area contributed by atoms with E-state index in [9.17, 15) is 9.00 Å². The number of hydrogen-bond acceptors (Lipinski definition) is 5. The summed E-state index contributed by atoms with van der Waals surface area (Å²) < 4.78 is 20.1. The Kier molecular flexibility index (Phi) is 8.43. The molecule has 0 saturated carbocycles. The summed E-state index contributed by atoms with van der Waals surface area (Å²) in [5.41, 5.74) is 4.97. The van der Waals surface area contributed by atoms with Gasteiger partial charge in [-0.05, 0) is 74.2 Å². The summed E-state index contributed by atoms with van der Waals surface area (Å²) in [6.07, 6.45) is 6.10. The third-order valence-corrected chi connectivity index (χ3v) is 8.49. The summed E-state index contributed by atoms with van der Waals surface area (Å²) in [5, 5.41) is 2.96. The number of carbonyl (C=O) groups excluding carboxylic acids is 1. The molecular formula is C27H35N5O3S. The zero-order valence-corrected chi connectivity index (χ0v) is 22.2. The fourth-order valence-electron chi connectivity index (χ4n) is 4.72. The molecule has 1 saturated heterocycles. The maximum Gasteiger partial charge on any atom is 0.225 e. The summed E-state index contributed by atoms with van der Waals surface area (Å²) in [4.78, 5) is 23.1. The Morgan fingerprint density at radius 1 is 1.19 bits per heavy atom. The van der Waals surface area contributed by atoms with Gasteiger partial charge in [-0.2, -0.15) is 0 Å². The molecule has 9 heteroatoms. The van der Waals surface area contributed by atoms with Gasteiger partial charge in [0.2, 0.25) is 5.91 Å². The first-order chi connectivity index (χ1) is 17.4. The topological polar surface area (TPSA) is 90.6 Å². The monoisotopic (exact) mass is 509 g/mol. The van der Waals surface area contributed by atoms with Crippen molar-refractivity contribution < 1.29 is 13.7 Å². The summed E-state index contributed by atoms with van der Waals surface area (Å²) >= 11 is 0. The molecule has 8 nitrogen and oxygen atoms in total. The number of ether oxygens (including phenoxy) is 1. The first kappa shape index (κ1) is 25.9. The van der Waals surface area contributed by atoms with Crippen LogP contribution in [-0.4, -0.2) is 58.2 Å². The van der Waals surface area contributed by atoms with Crippen LogP contribution in [0.2, 0.25) is 0 Å². The summed E-state index contributed by atoms with van der Waals surface area (Å²) in [5.74, 6) is 1.18. The highest BCUT2D eigenvalue weighted by atomic mass is 32.2. The van der Waals surface area contributed by atoms with Gasteiger partial charge in [0.15, 0.2) is 0 Å². The van der Waals surface area contributed by atoms with Crippen molar-refractivity contribution in [2.24, 2.45) is 0 Å². The van der Waals surface area contributed by atoms with E-state index >= 15 is 0 Å². The molecule has 4 rings (SSSR count). The van der Waals surface area contributed by atoms with Crippen molar-refractivity contribution in [1.82, 2.24) is 14.3 Å². The Labute approximate surface area is 215 Å². The number of imidazole rings is 1. The third-order valence-electron chi connectivity index (χ3n) is 6.75. The van der Waals surface area contributed by atoms with Gasteiger partial charge in [0.25, 0.3) is 0 Å².